The first-order valence-electron chi connectivity index (χ1n) is 6.03. The number of carboxylic acid groups (broad SMARTS) is 1. The molecule has 0 radical (unpaired) electrons. The number of ether oxygens (including phenoxy) is 1. The van der Waals surface area contributed by atoms with Crippen LogP contribution in [0.25, 0.3) is 6.08 Å². The highest BCUT2D eigenvalue weighted by atomic mass is 19.4. The Kier molecular flexibility index (Phi) is 5.19. The minimum Gasteiger partial charge on any atom is -0.490 e. The van der Waals surface area contributed by atoms with E-state index >= 15 is 0 Å². The number of carbonyl (C=O) groups is 1. The second-order valence-electron chi connectivity index (χ2n) is 4.26. The van der Waals surface area contributed by atoms with Crippen molar-refractivity contribution in [1.29, 1.82) is 0 Å². The third kappa shape index (κ3) is 4.60. The summed E-state index contributed by atoms with van der Waals surface area (Å²) in [5.74, 6) is -1.16. The topological polar surface area (TPSA) is 46.5 Å². The van der Waals surface area contributed by atoms with Crippen molar-refractivity contribution in [2.45, 2.75) is 32.5 Å². The molecule has 3 nitrogen and oxygen atoms in total. The second-order valence-corrected chi connectivity index (χ2v) is 4.26. The molecular weight excluding hydrogens is 273 g/mol. The predicted molar refractivity (Wildman–Crippen MR) is 68.5 cm³/mol. The van der Waals surface area contributed by atoms with E-state index in [1.54, 1.807) is 6.92 Å². The van der Waals surface area contributed by atoms with Crippen molar-refractivity contribution in [1.82, 2.24) is 0 Å². The first-order valence-corrected chi connectivity index (χ1v) is 6.03. The van der Waals surface area contributed by atoms with Gasteiger partial charge in [-0.3, -0.25) is 0 Å². The quantitative estimate of drug-likeness (QED) is 0.834. The van der Waals surface area contributed by atoms with Crippen LogP contribution in [0.1, 0.15) is 31.4 Å². The Labute approximate surface area is 114 Å². The molecule has 0 spiro atoms. The fourth-order valence-electron chi connectivity index (χ4n) is 1.41. The Morgan fingerprint density at radius 2 is 2.10 bits per heavy atom. The zero-order valence-corrected chi connectivity index (χ0v) is 11.1. The van der Waals surface area contributed by atoms with Gasteiger partial charge >= 0.3 is 12.1 Å². The van der Waals surface area contributed by atoms with Crippen molar-refractivity contribution < 1.29 is 27.8 Å². The molecule has 0 aromatic heterocycles. The third-order valence-corrected chi connectivity index (χ3v) is 2.65. The van der Waals surface area contributed by atoms with Crippen LogP contribution in [0.5, 0.6) is 5.75 Å². The van der Waals surface area contributed by atoms with Crippen molar-refractivity contribution in [3.8, 4) is 5.75 Å². The lowest BCUT2D eigenvalue weighted by Gasteiger charge is -2.17. The van der Waals surface area contributed by atoms with Crippen LogP contribution in [0.2, 0.25) is 0 Å². The van der Waals surface area contributed by atoms with Gasteiger partial charge in [0.05, 0.1) is 11.7 Å². The van der Waals surface area contributed by atoms with E-state index in [4.69, 9.17) is 9.84 Å². The fraction of sp³-hybridized carbons (Fsp3) is 0.357. The molecule has 1 aromatic rings. The number of carboxylic acids is 1. The van der Waals surface area contributed by atoms with E-state index < -0.39 is 17.7 Å². The zero-order valence-electron chi connectivity index (χ0n) is 11.1. The van der Waals surface area contributed by atoms with Crippen LogP contribution < -0.4 is 4.74 Å². The lowest BCUT2D eigenvalue weighted by molar-refractivity contribution is -0.137. The van der Waals surface area contributed by atoms with E-state index in [1.165, 1.54) is 12.1 Å². The molecule has 20 heavy (non-hydrogen) atoms. The molecule has 0 aliphatic rings. The Morgan fingerprint density at radius 3 is 2.60 bits per heavy atom. The number of aliphatic carboxylic acids is 1. The summed E-state index contributed by atoms with van der Waals surface area (Å²) in [6.07, 6.45) is -2.05. The highest BCUT2D eigenvalue weighted by Crippen LogP contribution is 2.34. The highest BCUT2D eigenvalue weighted by Gasteiger charge is 2.31. The van der Waals surface area contributed by atoms with Gasteiger partial charge in [-0.1, -0.05) is 13.0 Å². The molecule has 1 rings (SSSR count). The van der Waals surface area contributed by atoms with Gasteiger partial charge in [0.25, 0.3) is 0 Å². The summed E-state index contributed by atoms with van der Waals surface area (Å²) in [6.45, 7) is 3.57. The Bertz CT molecular complexity index is 507. The molecule has 0 saturated heterocycles. The summed E-state index contributed by atoms with van der Waals surface area (Å²) < 4.78 is 43.4. The van der Waals surface area contributed by atoms with Gasteiger partial charge in [-0.25, -0.2) is 4.79 Å². The van der Waals surface area contributed by atoms with Gasteiger partial charge in [-0.2, -0.15) is 13.2 Å². The van der Waals surface area contributed by atoms with Gasteiger partial charge in [0.1, 0.15) is 5.75 Å². The Morgan fingerprint density at radius 1 is 1.45 bits per heavy atom. The van der Waals surface area contributed by atoms with Crippen LogP contribution >= 0.6 is 0 Å². The van der Waals surface area contributed by atoms with E-state index in [0.29, 0.717) is 12.0 Å². The summed E-state index contributed by atoms with van der Waals surface area (Å²) in [6, 6.07) is 2.97. The number of hydrogen-bond acceptors (Lipinski definition) is 2. The van der Waals surface area contributed by atoms with Crippen LogP contribution in [0.4, 0.5) is 13.2 Å². The largest absolute Gasteiger partial charge is 0.490 e. The molecule has 0 fully saturated rings. The lowest BCUT2D eigenvalue weighted by atomic mass is 10.1. The first-order chi connectivity index (χ1) is 9.24. The van der Waals surface area contributed by atoms with E-state index in [9.17, 15) is 18.0 Å². The van der Waals surface area contributed by atoms with E-state index in [1.807, 2.05) is 6.92 Å². The molecule has 0 saturated carbocycles. The average Bonchev–Trinajstić information content (AvgIpc) is 2.35. The van der Waals surface area contributed by atoms with Crippen LogP contribution in [-0.4, -0.2) is 17.2 Å². The molecule has 0 amide bonds. The SMILES string of the molecule is CCC(C)Oc1cc(C(F)(F)F)ccc1C=CC(=O)O. The maximum absolute atomic E-state index is 12.7. The fourth-order valence-corrected chi connectivity index (χ4v) is 1.41. The maximum Gasteiger partial charge on any atom is 0.416 e. The minimum absolute atomic E-state index is 0.0201. The van der Waals surface area contributed by atoms with Gasteiger partial charge in [0, 0.05) is 11.6 Å². The van der Waals surface area contributed by atoms with Gasteiger partial charge in [-0.05, 0) is 31.6 Å². The smallest absolute Gasteiger partial charge is 0.416 e. The highest BCUT2D eigenvalue weighted by molar-refractivity contribution is 5.85. The molecule has 1 aromatic carbocycles. The standard InChI is InChI=1S/C14H15F3O3/c1-3-9(2)20-12-8-11(14(15,16)17)6-4-10(12)5-7-13(18)19/h4-9H,3H2,1-2H3,(H,18,19). The molecule has 0 aliphatic heterocycles. The van der Waals surface area contributed by atoms with Gasteiger partial charge < -0.3 is 9.84 Å². The number of halogens is 3. The summed E-state index contributed by atoms with van der Waals surface area (Å²) in [4.78, 5) is 10.5. The molecule has 1 unspecified atom stereocenters. The number of rotatable bonds is 5. The summed E-state index contributed by atoms with van der Waals surface area (Å²) >= 11 is 0. The van der Waals surface area contributed by atoms with E-state index in [2.05, 4.69) is 0 Å². The van der Waals surface area contributed by atoms with E-state index in [-0.39, 0.29) is 11.9 Å². The molecule has 1 N–H and O–H groups in total. The van der Waals surface area contributed by atoms with Gasteiger partial charge in [0.2, 0.25) is 0 Å². The second kappa shape index (κ2) is 6.45. The number of hydrogen-bond donors (Lipinski definition) is 1. The zero-order chi connectivity index (χ0) is 15.3. The molecule has 6 heteroatoms. The summed E-state index contributed by atoms with van der Waals surface area (Å²) in [5, 5.41) is 8.57. The van der Waals surface area contributed by atoms with Crippen molar-refractivity contribution in [2.24, 2.45) is 0 Å². The van der Waals surface area contributed by atoms with E-state index in [0.717, 1.165) is 18.2 Å². The number of benzene rings is 1. The predicted octanol–water partition coefficient (Wildman–Crippen LogP) is 3.98. The summed E-state index contributed by atoms with van der Waals surface area (Å²) in [5.41, 5.74) is -0.538. The van der Waals surface area contributed by atoms with Gasteiger partial charge in [0.15, 0.2) is 0 Å². The average molecular weight is 288 g/mol. The summed E-state index contributed by atoms with van der Waals surface area (Å²) in [7, 11) is 0. The van der Waals surface area contributed by atoms with Crippen molar-refractivity contribution in [2.75, 3.05) is 0 Å². The third-order valence-electron chi connectivity index (χ3n) is 2.65. The van der Waals surface area contributed by atoms with Crippen LogP contribution in [0, 0.1) is 0 Å². The van der Waals surface area contributed by atoms with Crippen LogP contribution in [0.15, 0.2) is 24.3 Å². The van der Waals surface area contributed by atoms with Crippen LogP contribution in [0.3, 0.4) is 0 Å². The lowest BCUT2D eigenvalue weighted by Crippen LogP contribution is -2.12. The van der Waals surface area contributed by atoms with Crippen LogP contribution in [-0.2, 0) is 11.0 Å². The molecule has 0 aliphatic carbocycles. The van der Waals surface area contributed by atoms with Crippen molar-refractivity contribution >= 4 is 12.0 Å². The Balaban J connectivity index is 3.19. The molecule has 110 valence electrons. The molecule has 0 bridgehead atoms. The first kappa shape index (κ1) is 16.1. The minimum atomic E-state index is -4.47. The molecule has 1 atom stereocenters. The molecule has 0 heterocycles. The van der Waals surface area contributed by atoms with Crippen molar-refractivity contribution in [3.05, 3.63) is 35.4 Å². The molecular formula is C14H15F3O3. The number of alkyl halides is 3. The monoisotopic (exact) mass is 288 g/mol. The Hall–Kier alpha value is -1.98. The maximum atomic E-state index is 12.7. The normalized spacial score (nSPS) is 13.4. The van der Waals surface area contributed by atoms with Gasteiger partial charge in [-0.15, -0.1) is 0 Å². The van der Waals surface area contributed by atoms with Crippen molar-refractivity contribution in [3.63, 3.8) is 0 Å².